The number of methoxy groups -OCH3 is 1. The van der Waals surface area contributed by atoms with E-state index in [2.05, 4.69) is 23.6 Å². The smallest absolute Gasteiger partial charge is 0.356 e. The Morgan fingerprint density at radius 3 is 2.55 bits per heavy atom. The number of sulfone groups is 1. The highest BCUT2D eigenvalue weighted by Crippen LogP contribution is 2.11. The third-order valence-electron chi connectivity index (χ3n) is 2.58. The van der Waals surface area contributed by atoms with Crippen molar-refractivity contribution in [3.8, 4) is 0 Å². The van der Waals surface area contributed by atoms with Crippen molar-refractivity contribution in [1.29, 1.82) is 0 Å². The molecule has 0 aliphatic carbocycles. The van der Waals surface area contributed by atoms with Crippen LogP contribution in [0.4, 0.5) is 0 Å². The molecule has 110 valence electrons. The Bertz CT molecular complexity index is 574. The fraction of sp³-hybridized carbons (Fsp3) is 0.429. The number of allylic oxidation sites excluding steroid dienone is 1. The Morgan fingerprint density at radius 2 is 2.05 bits per heavy atom. The Labute approximate surface area is 119 Å². The van der Waals surface area contributed by atoms with Gasteiger partial charge in [-0.3, -0.25) is 0 Å². The molecule has 0 N–H and O–H groups in total. The molecule has 0 bridgehead atoms. The van der Waals surface area contributed by atoms with Crippen LogP contribution in [-0.4, -0.2) is 32.2 Å². The van der Waals surface area contributed by atoms with Crippen molar-refractivity contribution in [2.24, 2.45) is 5.92 Å². The molecule has 1 aromatic heterocycles. The van der Waals surface area contributed by atoms with Gasteiger partial charge in [-0.2, -0.15) is 0 Å². The Balaban J connectivity index is 2.78. The molecular formula is C14H19NO4S. The first-order valence-corrected chi connectivity index (χ1v) is 7.94. The van der Waals surface area contributed by atoms with Crippen molar-refractivity contribution < 1.29 is 17.9 Å². The molecule has 20 heavy (non-hydrogen) atoms. The normalized spacial score (nSPS) is 12.0. The third kappa shape index (κ3) is 4.77. The summed E-state index contributed by atoms with van der Waals surface area (Å²) in [7, 11) is -2.16. The number of nitrogens with zero attached hydrogens (tertiary/aromatic N) is 1. The molecule has 1 aromatic rings. The molecule has 6 heteroatoms. The van der Waals surface area contributed by atoms with Crippen LogP contribution in [0.25, 0.3) is 0 Å². The van der Waals surface area contributed by atoms with E-state index in [0.717, 1.165) is 6.42 Å². The molecule has 0 atom stereocenters. The van der Waals surface area contributed by atoms with E-state index in [0.29, 0.717) is 5.92 Å². The zero-order valence-electron chi connectivity index (χ0n) is 11.9. The van der Waals surface area contributed by atoms with Gasteiger partial charge in [-0.25, -0.2) is 18.2 Å². The summed E-state index contributed by atoms with van der Waals surface area (Å²) in [5, 5.41) is 0. The highest BCUT2D eigenvalue weighted by atomic mass is 32.2. The van der Waals surface area contributed by atoms with E-state index in [9.17, 15) is 13.2 Å². The lowest BCUT2D eigenvalue weighted by Gasteiger charge is -2.03. The molecule has 0 aliphatic heterocycles. The van der Waals surface area contributed by atoms with Crippen LogP contribution in [0, 0.1) is 5.92 Å². The standard InChI is InChI=1S/C14H19NO4S/c1-11(2)6-4-5-9-20(17,18)12-7-8-13(15-10-12)14(16)19-3/h4-5,7-8,10-11H,6,9H2,1-3H3. The van der Waals surface area contributed by atoms with E-state index < -0.39 is 15.8 Å². The topological polar surface area (TPSA) is 73.3 Å². The minimum Gasteiger partial charge on any atom is -0.464 e. The van der Waals surface area contributed by atoms with Crippen LogP contribution in [0.5, 0.6) is 0 Å². The number of carbonyl (C=O) groups is 1. The van der Waals surface area contributed by atoms with Gasteiger partial charge in [0, 0.05) is 6.20 Å². The first-order valence-electron chi connectivity index (χ1n) is 6.29. The van der Waals surface area contributed by atoms with Crippen molar-refractivity contribution in [1.82, 2.24) is 4.98 Å². The molecule has 1 rings (SSSR count). The van der Waals surface area contributed by atoms with Gasteiger partial charge >= 0.3 is 5.97 Å². The maximum atomic E-state index is 12.0. The average Bonchev–Trinajstić information content (AvgIpc) is 2.43. The summed E-state index contributed by atoms with van der Waals surface area (Å²) in [6.07, 6.45) is 5.52. The maximum absolute atomic E-state index is 12.0. The van der Waals surface area contributed by atoms with Crippen molar-refractivity contribution in [3.63, 3.8) is 0 Å². The third-order valence-corrected chi connectivity index (χ3v) is 4.17. The number of carbonyl (C=O) groups excluding carboxylic acids is 1. The van der Waals surface area contributed by atoms with Crippen LogP contribution in [-0.2, 0) is 14.6 Å². The lowest BCUT2D eigenvalue weighted by Crippen LogP contribution is -2.08. The van der Waals surface area contributed by atoms with E-state index in [-0.39, 0.29) is 16.3 Å². The number of pyridine rings is 1. The summed E-state index contributed by atoms with van der Waals surface area (Å²) >= 11 is 0. The molecule has 0 fully saturated rings. The summed E-state index contributed by atoms with van der Waals surface area (Å²) in [5.74, 6) is -0.167. The van der Waals surface area contributed by atoms with Crippen molar-refractivity contribution in [3.05, 3.63) is 36.2 Å². The maximum Gasteiger partial charge on any atom is 0.356 e. The summed E-state index contributed by atoms with van der Waals surface area (Å²) in [6.45, 7) is 4.13. The largest absolute Gasteiger partial charge is 0.464 e. The van der Waals surface area contributed by atoms with E-state index in [1.54, 1.807) is 6.08 Å². The number of hydrogen-bond acceptors (Lipinski definition) is 5. The highest BCUT2D eigenvalue weighted by molar-refractivity contribution is 7.91. The lowest BCUT2D eigenvalue weighted by atomic mass is 10.1. The van der Waals surface area contributed by atoms with Gasteiger partial charge in [-0.1, -0.05) is 26.0 Å². The predicted octanol–water partition coefficient (Wildman–Crippen LogP) is 2.24. The number of rotatable bonds is 6. The monoisotopic (exact) mass is 297 g/mol. The Morgan fingerprint density at radius 1 is 1.35 bits per heavy atom. The number of esters is 1. The van der Waals surface area contributed by atoms with Gasteiger partial charge in [0.2, 0.25) is 0 Å². The highest BCUT2D eigenvalue weighted by Gasteiger charge is 2.14. The molecule has 0 aromatic carbocycles. The van der Waals surface area contributed by atoms with Crippen LogP contribution in [0.2, 0.25) is 0 Å². The number of aromatic nitrogens is 1. The second kappa shape index (κ2) is 7.19. The molecule has 0 unspecified atom stereocenters. The summed E-state index contributed by atoms with van der Waals surface area (Å²) in [6, 6.07) is 2.71. The van der Waals surface area contributed by atoms with Crippen molar-refractivity contribution in [2.45, 2.75) is 25.2 Å². The summed E-state index contributed by atoms with van der Waals surface area (Å²) in [4.78, 5) is 15.1. The molecule has 0 spiro atoms. The Kier molecular flexibility index (Phi) is 5.88. The fourth-order valence-corrected chi connectivity index (χ4v) is 2.52. The second-order valence-electron chi connectivity index (χ2n) is 4.75. The molecule has 0 amide bonds. The predicted molar refractivity (Wildman–Crippen MR) is 76.2 cm³/mol. The fourth-order valence-electron chi connectivity index (χ4n) is 1.45. The van der Waals surface area contributed by atoms with Crippen LogP contribution in [0.1, 0.15) is 30.8 Å². The minimum atomic E-state index is -3.41. The second-order valence-corrected chi connectivity index (χ2v) is 6.79. The van der Waals surface area contributed by atoms with Crippen molar-refractivity contribution >= 4 is 15.8 Å². The molecule has 0 aliphatic rings. The molecule has 1 heterocycles. The first-order chi connectivity index (χ1) is 9.36. The van der Waals surface area contributed by atoms with Gasteiger partial charge in [0.15, 0.2) is 9.84 Å². The van der Waals surface area contributed by atoms with Gasteiger partial charge in [-0.05, 0) is 24.5 Å². The summed E-state index contributed by atoms with van der Waals surface area (Å²) in [5.41, 5.74) is 0.0850. The van der Waals surface area contributed by atoms with Crippen molar-refractivity contribution in [2.75, 3.05) is 12.9 Å². The van der Waals surface area contributed by atoms with E-state index in [1.165, 1.54) is 25.4 Å². The number of ether oxygens (including phenoxy) is 1. The lowest BCUT2D eigenvalue weighted by molar-refractivity contribution is 0.0594. The molecule has 0 saturated carbocycles. The molecule has 0 saturated heterocycles. The number of hydrogen-bond donors (Lipinski definition) is 0. The first kappa shape index (κ1) is 16.4. The zero-order valence-corrected chi connectivity index (χ0v) is 12.7. The van der Waals surface area contributed by atoms with E-state index in [1.807, 2.05) is 6.08 Å². The SMILES string of the molecule is COC(=O)c1ccc(S(=O)(=O)CC=CCC(C)C)cn1. The minimum absolute atomic E-state index is 0.0705. The van der Waals surface area contributed by atoms with Gasteiger partial charge < -0.3 is 4.74 Å². The quantitative estimate of drug-likeness (QED) is 0.594. The zero-order chi connectivity index (χ0) is 15.2. The molecule has 0 radical (unpaired) electrons. The van der Waals surface area contributed by atoms with Crippen LogP contribution >= 0.6 is 0 Å². The Hall–Kier alpha value is -1.69. The average molecular weight is 297 g/mol. The molecular weight excluding hydrogens is 278 g/mol. The summed E-state index contributed by atoms with van der Waals surface area (Å²) < 4.78 is 28.5. The van der Waals surface area contributed by atoms with Gasteiger partial charge in [0.1, 0.15) is 5.69 Å². The van der Waals surface area contributed by atoms with Gasteiger partial charge in [0.25, 0.3) is 0 Å². The van der Waals surface area contributed by atoms with Gasteiger partial charge in [-0.15, -0.1) is 0 Å². The molecule has 5 nitrogen and oxygen atoms in total. The van der Waals surface area contributed by atoms with E-state index in [4.69, 9.17) is 0 Å². The van der Waals surface area contributed by atoms with Gasteiger partial charge in [0.05, 0.1) is 17.8 Å². The van der Waals surface area contributed by atoms with Crippen LogP contribution in [0.3, 0.4) is 0 Å². The van der Waals surface area contributed by atoms with E-state index >= 15 is 0 Å². The van der Waals surface area contributed by atoms with Crippen LogP contribution in [0.15, 0.2) is 35.4 Å². The van der Waals surface area contributed by atoms with Crippen LogP contribution < -0.4 is 0 Å².